The Labute approximate surface area is 372 Å². The molecule has 8 N–H and O–H groups in total. The average molecular weight is 858 g/mol. The van der Waals surface area contributed by atoms with Crippen LogP contribution in [0.2, 0.25) is 0 Å². The van der Waals surface area contributed by atoms with Crippen LogP contribution >= 0.6 is 0 Å². The number of aromatic hydroxyl groups is 1. The van der Waals surface area contributed by atoms with Gasteiger partial charge in [0.15, 0.2) is 17.3 Å². The molecule has 2 heterocycles. The Morgan fingerprint density at radius 1 is 1.02 bits per heavy atom. The monoisotopic (exact) mass is 857 g/mol. The van der Waals surface area contributed by atoms with Gasteiger partial charge >= 0.3 is 0 Å². The lowest BCUT2D eigenvalue weighted by Crippen LogP contribution is -2.50. The zero-order chi connectivity index (χ0) is 44.1. The van der Waals surface area contributed by atoms with Crippen molar-refractivity contribution in [3.8, 4) is 23.3 Å². The molecule has 3 aliphatic carbocycles. The Balaban J connectivity index is 1.01. The molecule has 1 spiro atoms. The van der Waals surface area contributed by atoms with Crippen molar-refractivity contribution >= 4 is 22.3 Å². The van der Waals surface area contributed by atoms with Crippen LogP contribution in [-0.2, 0) is 16.0 Å². The predicted molar refractivity (Wildman–Crippen MR) is 246 cm³/mol. The predicted octanol–water partition coefficient (Wildman–Crippen LogP) is 7.07. The first-order valence-corrected chi connectivity index (χ1v) is 23.6. The molecular weight excluding hydrogens is 791 g/mol. The highest BCUT2D eigenvalue weighted by atomic mass is 16.5. The molecule has 2 aliphatic heterocycles. The van der Waals surface area contributed by atoms with E-state index in [2.05, 4.69) is 58.9 Å². The first-order chi connectivity index (χ1) is 30.5. The van der Waals surface area contributed by atoms with E-state index in [0.717, 1.165) is 78.1 Å². The molecule has 10 heteroatoms. The van der Waals surface area contributed by atoms with Gasteiger partial charge in [-0.3, -0.25) is 9.59 Å². The van der Waals surface area contributed by atoms with Gasteiger partial charge in [0.05, 0.1) is 25.1 Å². The van der Waals surface area contributed by atoms with Crippen molar-refractivity contribution in [1.82, 2.24) is 10.6 Å². The molecule has 10 nitrogen and oxygen atoms in total. The van der Waals surface area contributed by atoms with Crippen LogP contribution in [0.5, 0.6) is 11.5 Å². The summed E-state index contributed by atoms with van der Waals surface area (Å²) in [5.74, 6) is 9.21. The van der Waals surface area contributed by atoms with Gasteiger partial charge in [-0.05, 0) is 159 Å². The Bertz CT molecular complexity index is 2260. The number of phenolic OH excluding ortho intramolecular Hbond substituents is 1. The second-order valence-corrected chi connectivity index (χ2v) is 19.3. The molecule has 0 radical (unpaired) electrons. The molecular formula is C53H67N3O7. The lowest BCUT2D eigenvalue weighted by Gasteiger charge is -2.44. The molecule has 1 saturated heterocycles. The van der Waals surface area contributed by atoms with E-state index in [1.54, 1.807) is 6.07 Å². The summed E-state index contributed by atoms with van der Waals surface area (Å²) in [5, 5.41) is 54.1. The van der Waals surface area contributed by atoms with E-state index in [0.29, 0.717) is 93.0 Å². The molecule has 0 amide bonds. The van der Waals surface area contributed by atoms with Crippen LogP contribution < -0.4 is 21.1 Å². The number of allylic oxidation sites excluding steroid dienone is 2. The van der Waals surface area contributed by atoms with E-state index < -0.39 is 23.5 Å². The number of hydrogen-bond donors (Lipinski definition) is 7. The number of methoxy groups -OCH3 is 1. The lowest BCUT2D eigenvalue weighted by atomic mass is 9.63. The molecule has 2 saturated carbocycles. The van der Waals surface area contributed by atoms with Gasteiger partial charge in [-0.2, -0.15) is 0 Å². The number of Topliss-reactive ketones (excluding diaryl/α,β-unsaturated/α-hetero) is 2. The van der Waals surface area contributed by atoms with Gasteiger partial charge in [0.25, 0.3) is 0 Å². The fourth-order valence-corrected chi connectivity index (χ4v) is 11.8. The van der Waals surface area contributed by atoms with Crippen molar-refractivity contribution in [1.29, 1.82) is 0 Å². The maximum atomic E-state index is 14.4. The summed E-state index contributed by atoms with van der Waals surface area (Å²) in [7, 11) is 1.51. The van der Waals surface area contributed by atoms with Crippen LogP contribution in [0.1, 0.15) is 118 Å². The fourth-order valence-electron chi connectivity index (χ4n) is 11.8. The lowest BCUT2D eigenvalue weighted by molar-refractivity contribution is -0.134. The first-order valence-electron chi connectivity index (χ1n) is 23.6. The molecule has 336 valence electrons. The van der Waals surface area contributed by atoms with Crippen molar-refractivity contribution in [2.75, 3.05) is 26.8 Å². The molecule has 0 bridgehead atoms. The number of nitrogens with one attached hydrogen (secondary N) is 2. The number of dihydropyridines is 1. The molecule has 0 aromatic heterocycles. The summed E-state index contributed by atoms with van der Waals surface area (Å²) < 4.78 is 5.52. The second-order valence-electron chi connectivity index (χ2n) is 19.3. The number of carbonyl (C=O) groups excluding carboxylic acids is 2. The van der Waals surface area contributed by atoms with Crippen LogP contribution in [0.3, 0.4) is 0 Å². The number of piperidine rings is 1. The minimum atomic E-state index is -1.20. The number of aliphatic hydroxyl groups is 3. The molecule has 3 aromatic carbocycles. The number of phenols is 1. The summed E-state index contributed by atoms with van der Waals surface area (Å²) in [6, 6.07) is 18.5. The van der Waals surface area contributed by atoms with Crippen LogP contribution in [0.15, 0.2) is 78.1 Å². The van der Waals surface area contributed by atoms with Crippen LogP contribution in [0.25, 0.3) is 10.8 Å². The van der Waals surface area contributed by atoms with Gasteiger partial charge in [0.1, 0.15) is 11.2 Å². The van der Waals surface area contributed by atoms with Crippen molar-refractivity contribution in [2.45, 2.75) is 126 Å². The normalized spacial score (nSPS) is 28.7. The molecule has 3 fully saturated rings. The fraction of sp³-hybridized carbons (Fsp3) is 0.547. The van der Waals surface area contributed by atoms with Gasteiger partial charge in [0.2, 0.25) is 0 Å². The maximum Gasteiger partial charge on any atom is 0.160 e. The van der Waals surface area contributed by atoms with Crippen molar-refractivity contribution in [3.05, 3.63) is 94.8 Å². The topological polar surface area (TPSA) is 174 Å². The number of rotatable bonds is 14. The molecule has 3 aromatic rings. The number of carbonyl (C=O) groups is 2. The Morgan fingerprint density at radius 3 is 2.65 bits per heavy atom. The Kier molecular flexibility index (Phi) is 14.3. The Hall–Kier alpha value is -4.66. The Morgan fingerprint density at radius 2 is 1.86 bits per heavy atom. The van der Waals surface area contributed by atoms with Crippen LogP contribution in [0, 0.1) is 40.9 Å². The average Bonchev–Trinajstić information content (AvgIpc) is 3.34. The highest BCUT2D eigenvalue weighted by Crippen LogP contribution is 2.47. The zero-order valence-electron chi connectivity index (χ0n) is 36.9. The van der Waals surface area contributed by atoms with Gasteiger partial charge in [-0.15, -0.1) is 0 Å². The standard InChI is InChI=1S/C53H67N3O7/c1-63-49-27-39-12-15-50(61)53(19-16-33(24-51(53)62)23-36(7-4-22-57)42-26-41-11-14-44(59)30-47(41)56-32-42)20-17-35(46(39)31-48(49)60)10-13-43(58)29-45(40-18-21-55-52(54)28-40)38-9-8-34-5-2-3-6-37(34)25-38/h2-3,5-6,8-9,18,25,27-28,31,33,35-36,41-43,45,47,51,55-58,60,62H,4,7,10-16,19,21-24,26,29-30,32,54H2,1H3/t33-,35+,36+,41-,42+,43+,45+,47-,51-,53+/m1/s1. The number of benzene rings is 3. The van der Waals surface area contributed by atoms with Crippen LogP contribution in [0.4, 0.5) is 0 Å². The van der Waals surface area contributed by atoms with Gasteiger partial charge in [0, 0.05) is 50.3 Å². The summed E-state index contributed by atoms with van der Waals surface area (Å²) in [5.41, 5.74) is 8.91. The number of ether oxygens (including phenoxy) is 1. The van der Waals surface area contributed by atoms with Gasteiger partial charge in [-0.1, -0.05) is 60.4 Å². The SMILES string of the molecule is COc1cc2c(cc1O)[C@@H](CC[C@H](O)C[C@H](C1=CCNC(N)=C1)c1ccc3ccccc3c1)C#C[C@@]1(CC[C@H](C[C@H](CCCO)[C@@H]3CN[C@@H]4CC(=O)CC[C@@H]4C3)C[C@H]1O)C(=O)CC2. The van der Waals surface area contributed by atoms with Crippen molar-refractivity contribution in [2.24, 2.45) is 34.8 Å². The van der Waals surface area contributed by atoms with E-state index in [-0.39, 0.29) is 42.4 Å². The number of ketones is 2. The highest BCUT2D eigenvalue weighted by molar-refractivity contribution is 5.89. The minimum Gasteiger partial charge on any atom is -0.504 e. The summed E-state index contributed by atoms with van der Waals surface area (Å²) in [4.78, 5) is 26.6. The largest absolute Gasteiger partial charge is 0.504 e. The molecule has 5 aliphatic rings. The van der Waals surface area contributed by atoms with E-state index in [9.17, 15) is 30.0 Å². The number of hydrogen-bond acceptors (Lipinski definition) is 10. The molecule has 0 unspecified atom stereocenters. The van der Waals surface area contributed by atoms with Crippen LogP contribution in [-0.4, -0.2) is 77.0 Å². The number of aryl methyl sites for hydroxylation is 1. The molecule has 8 rings (SSSR count). The second kappa shape index (κ2) is 20.0. The highest BCUT2D eigenvalue weighted by Gasteiger charge is 2.48. The first kappa shape index (κ1) is 44.9. The van der Waals surface area contributed by atoms with E-state index in [1.807, 2.05) is 24.3 Å². The van der Waals surface area contributed by atoms with Gasteiger partial charge in [-0.25, -0.2) is 0 Å². The summed E-state index contributed by atoms with van der Waals surface area (Å²) in [6.45, 7) is 1.63. The summed E-state index contributed by atoms with van der Waals surface area (Å²) >= 11 is 0. The summed E-state index contributed by atoms with van der Waals surface area (Å²) in [6.07, 6.45) is 12.1. The maximum absolute atomic E-state index is 14.4. The van der Waals surface area contributed by atoms with E-state index in [4.69, 9.17) is 10.5 Å². The van der Waals surface area contributed by atoms with E-state index in [1.165, 1.54) is 7.11 Å². The molecule has 10 atom stereocenters. The van der Waals surface area contributed by atoms with Gasteiger partial charge < -0.3 is 41.5 Å². The van der Waals surface area contributed by atoms with Crippen molar-refractivity contribution < 1.29 is 34.8 Å². The number of fused-ring (bicyclic) bond motifs is 3. The number of aliphatic hydroxyl groups excluding tert-OH is 3. The third kappa shape index (κ3) is 10.2. The van der Waals surface area contributed by atoms with E-state index >= 15 is 0 Å². The quantitative estimate of drug-likeness (QED) is 0.0831. The smallest absolute Gasteiger partial charge is 0.160 e. The zero-order valence-corrected chi connectivity index (χ0v) is 36.9. The number of nitrogens with two attached hydrogens (primary N) is 1. The van der Waals surface area contributed by atoms with Crippen molar-refractivity contribution in [3.63, 3.8) is 0 Å². The third-order valence-corrected chi connectivity index (χ3v) is 15.4. The molecule has 63 heavy (non-hydrogen) atoms. The minimum absolute atomic E-state index is 0.000526. The third-order valence-electron chi connectivity index (χ3n) is 15.4.